The first-order valence-electron chi connectivity index (χ1n) is 7.06. The van der Waals surface area contributed by atoms with Gasteiger partial charge in [0, 0.05) is 18.7 Å². The van der Waals surface area contributed by atoms with Crippen molar-refractivity contribution in [2.75, 3.05) is 0 Å². The fourth-order valence-electron chi connectivity index (χ4n) is 2.84. The average molecular weight is 257 g/mol. The van der Waals surface area contributed by atoms with Crippen molar-refractivity contribution in [1.29, 1.82) is 0 Å². The van der Waals surface area contributed by atoms with E-state index in [9.17, 15) is 4.79 Å². The second kappa shape index (κ2) is 5.03. The van der Waals surface area contributed by atoms with Gasteiger partial charge >= 0.3 is 0 Å². The molecule has 0 aliphatic heterocycles. The van der Waals surface area contributed by atoms with Gasteiger partial charge in [-0.1, -0.05) is 25.8 Å². The molecule has 1 fully saturated rings. The third kappa shape index (κ3) is 2.23. The maximum absolute atomic E-state index is 12.4. The van der Waals surface area contributed by atoms with Crippen LogP contribution in [0.5, 0.6) is 0 Å². The molecular formula is C15H19N3O. The van der Waals surface area contributed by atoms with Crippen molar-refractivity contribution < 1.29 is 4.79 Å². The highest BCUT2D eigenvalue weighted by Crippen LogP contribution is 2.19. The molecule has 3 rings (SSSR count). The molecule has 2 aromatic rings. The van der Waals surface area contributed by atoms with E-state index < -0.39 is 0 Å². The van der Waals surface area contributed by atoms with Gasteiger partial charge in [-0.3, -0.25) is 4.79 Å². The van der Waals surface area contributed by atoms with Crippen LogP contribution in [0.3, 0.4) is 0 Å². The monoisotopic (exact) mass is 257 g/mol. The zero-order valence-electron chi connectivity index (χ0n) is 11.2. The number of hydrogen-bond acceptors (Lipinski definition) is 2. The highest BCUT2D eigenvalue weighted by atomic mass is 16.2. The Morgan fingerprint density at radius 2 is 2.21 bits per heavy atom. The van der Waals surface area contributed by atoms with Crippen molar-refractivity contribution in [3.8, 4) is 0 Å². The quantitative estimate of drug-likeness (QED) is 0.918. The SMILES string of the molecule is CCc1nc(C(=O)NC2CCCC2)c2ccccn12. The fraction of sp³-hybridized carbons (Fsp3) is 0.467. The third-order valence-electron chi connectivity index (χ3n) is 3.84. The Morgan fingerprint density at radius 1 is 1.42 bits per heavy atom. The normalized spacial score (nSPS) is 16.1. The minimum absolute atomic E-state index is 0.0321. The molecule has 1 N–H and O–H groups in total. The Bertz CT molecular complexity index is 596. The summed E-state index contributed by atoms with van der Waals surface area (Å²) in [5.41, 5.74) is 1.46. The number of nitrogens with one attached hydrogen (secondary N) is 1. The lowest BCUT2D eigenvalue weighted by Gasteiger charge is -2.10. The summed E-state index contributed by atoms with van der Waals surface area (Å²) in [5.74, 6) is 0.905. The molecule has 4 heteroatoms. The van der Waals surface area contributed by atoms with Crippen molar-refractivity contribution in [3.63, 3.8) is 0 Å². The van der Waals surface area contributed by atoms with E-state index in [1.807, 2.05) is 28.8 Å². The summed E-state index contributed by atoms with van der Waals surface area (Å²) in [4.78, 5) is 16.9. The first kappa shape index (κ1) is 12.2. The van der Waals surface area contributed by atoms with Crippen molar-refractivity contribution in [2.45, 2.75) is 45.1 Å². The standard InChI is InChI=1S/C15H19N3O/c1-2-13-17-14(12-9-5-6-10-18(12)13)15(19)16-11-7-3-4-8-11/h5-6,9-11H,2-4,7-8H2,1H3,(H,16,19). The molecule has 1 aliphatic rings. The Labute approximate surface area is 112 Å². The lowest BCUT2D eigenvalue weighted by atomic mass is 10.2. The molecule has 0 bridgehead atoms. The summed E-state index contributed by atoms with van der Waals surface area (Å²) in [6.45, 7) is 2.06. The fourth-order valence-corrected chi connectivity index (χ4v) is 2.84. The molecule has 0 saturated heterocycles. The summed E-state index contributed by atoms with van der Waals surface area (Å²) in [6.07, 6.45) is 7.41. The lowest BCUT2D eigenvalue weighted by molar-refractivity contribution is 0.0935. The number of fused-ring (bicyclic) bond motifs is 1. The van der Waals surface area contributed by atoms with E-state index in [0.717, 1.165) is 30.6 Å². The van der Waals surface area contributed by atoms with E-state index in [0.29, 0.717) is 11.7 Å². The van der Waals surface area contributed by atoms with Crippen LogP contribution in [-0.4, -0.2) is 21.3 Å². The van der Waals surface area contributed by atoms with E-state index in [1.165, 1.54) is 12.8 Å². The Kier molecular flexibility index (Phi) is 3.23. The first-order chi connectivity index (χ1) is 9.29. The van der Waals surface area contributed by atoms with Gasteiger partial charge in [0.15, 0.2) is 5.69 Å². The molecule has 0 spiro atoms. The van der Waals surface area contributed by atoms with E-state index in [2.05, 4.69) is 17.2 Å². The maximum atomic E-state index is 12.4. The molecule has 1 amide bonds. The van der Waals surface area contributed by atoms with Crippen molar-refractivity contribution in [2.24, 2.45) is 0 Å². The number of carbonyl (C=O) groups excluding carboxylic acids is 1. The Hall–Kier alpha value is -1.84. The minimum atomic E-state index is -0.0321. The number of hydrogen-bond donors (Lipinski definition) is 1. The zero-order chi connectivity index (χ0) is 13.2. The molecule has 0 radical (unpaired) electrons. The number of aromatic nitrogens is 2. The maximum Gasteiger partial charge on any atom is 0.272 e. The van der Waals surface area contributed by atoms with E-state index >= 15 is 0 Å². The molecule has 2 heterocycles. The molecule has 0 atom stereocenters. The molecule has 2 aromatic heterocycles. The summed E-state index contributed by atoms with van der Waals surface area (Å²) in [5, 5.41) is 3.11. The number of amides is 1. The molecule has 100 valence electrons. The van der Waals surface area contributed by atoms with Crippen molar-refractivity contribution in [1.82, 2.24) is 14.7 Å². The van der Waals surface area contributed by atoms with E-state index in [-0.39, 0.29) is 5.91 Å². The summed E-state index contributed by atoms with van der Waals surface area (Å²) in [7, 11) is 0. The Balaban J connectivity index is 1.93. The third-order valence-corrected chi connectivity index (χ3v) is 3.84. The summed E-state index contributed by atoms with van der Waals surface area (Å²) < 4.78 is 2.00. The molecule has 4 nitrogen and oxygen atoms in total. The van der Waals surface area contributed by atoms with E-state index in [4.69, 9.17) is 0 Å². The number of aryl methyl sites for hydroxylation is 1. The molecular weight excluding hydrogens is 238 g/mol. The van der Waals surface area contributed by atoms with Crippen LogP contribution in [0.1, 0.15) is 48.9 Å². The van der Waals surface area contributed by atoms with Gasteiger partial charge in [0.2, 0.25) is 0 Å². The largest absolute Gasteiger partial charge is 0.348 e. The highest BCUT2D eigenvalue weighted by Gasteiger charge is 2.21. The van der Waals surface area contributed by atoms with Gasteiger partial charge in [0.05, 0.1) is 5.52 Å². The number of carbonyl (C=O) groups is 1. The molecule has 1 saturated carbocycles. The number of pyridine rings is 1. The molecule has 0 unspecified atom stereocenters. The van der Waals surface area contributed by atoms with Crippen LogP contribution in [0.4, 0.5) is 0 Å². The van der Waals surface area contributed by atoms with Crippen molar-refractivity contribution >= 4 is 11.4 Å². The van der Waals surface area contributed by atoms with Gasteiger partial charge in [-0.2, -0.15) is 0 Å². The predicted molar refractivity (Wildman–Crippen MR) is 74.3 cm³/mol. The van der Waals surface area contributed by atoms with Gasteiger partial charge in [0.25, 0.3) is 5.91 Å². The van der Waals surface area contributed by atoms with Crippen LogP contribution < -0.4 is 5.32 Å². The first-order valence-corrected chi connectivity index (χ1v) is 7.06. The smallest absolute Gasteiger partial charge is 0.272 e. The van der Waals surface area contributed by atoms with Gasteiger partial charge in [-0.25, -0.2) is 4.98 Å². The van der Waals surface area contributed by atoms with Crippen molar-refractivity contribution in [3.05, 3.63) is 35.9 Å². The predicted octanol–water partition coefficient (Wildman–Crippen LogP) is 2.57. The van der Waals surface area contributed by atoms with Crippen LogP contribution in [0.15, 0.2) is 24.4 Å². The van der Waals surface area contributed by atoms with Gasteiger partial charge in [-0.05, 0) is 25.0 Å². The Morgan fingerprint density at radius 3 is 2.95 bits per heavy atom. The van der Waals surface area contributed by atoms with Gasteiger partial charge < -0.3 is 9.72 Å². The van der Waals surface area contributed by atoms with Crippen LogP contribution >= 0.6 is 0 Å². The second-order valence-electron chi connectivity index (χ2n) is 5.14. The molecule has 1 aliphatic carbocycles. The number of nitrogens with zero attached hydrogens (tertiary/aromatic N) is 2. The van der Waals surface area contributed by atoms with Crippen LogP contribution in [0, 0.1) is 0 Å². The van der Waals surface area contributed by atoms with Gasteiger partial charge in [-0.15, -0.1) is 0 Å². The van der Waals surface area contributed by atoms with E-state index in [1.54, 1.807) is 0 Å². The zero-order valence-corrected chi connectivity index (χ0v) is 11.2. The summed E-state index contributed by atoms with van der Waals surface area (Å²) in [6, 6.07) is 6.20. The van der Waals surface area contributed by atoms with Gasteiger partial charge in [0.1, 0.15) is 5.82 Å². The number of imidazole rings is 1. The average Bonchev–Trinajstić information content (AvgIpc) is 3.05. The molecule has 19 heavy (non-hydrogen) atoms. The highest BCUT2D eigenvalue weighted by molar-refractivity contribution is 5.99. The van der Waals surface area contributed by atoms with Crippen LogP contribution in [0.2, 0.25) is 0 Å². The summed E-state index contributed by atoms with van der Waals surface area (Å²) >= 11 is 0. The number of rotatable bonds is 3. The molecule has 0 aromatic carbocycles. The minimum Gasteiger partial charge on any atom is -0.348 e. The lowest BCUT2D eigenvalue weighted by Crippen LogP contribution is -2.32. The topological polar surface area (TPSA) is 46.4 Å². The van der Waals surface area contributed by atoms with Crippen LogP contribution in [0.25, 0.3) is 5.52 Å². The van der Waals surface area contributed by atoms with Crippen LogP contribution in [-0.2, 0) is 6.42 Å². The second-order valence-corrected chi connectivity index (χ2v) is 5.14.